The van der Waals surface area contributed by atoms with Crippen molar-refractivity contribution in [2.75, 3.05) is 6.61 Å². The Morgan fingerprint density at radius 3 is 2.74 bits per heavy atom. The van der Waals surface area contributed by atoms with E-state index in [1.165, 1.54) is 6.08 Å². The third-order valence-electron chi connectivity index (χ3n) is 3.97. The first kappa shape index (κ1) is 18.0. The van der Waals surface area contributed by atoms with Crippen molar-refractivity contribution in [1.29, 1.82) is 5.26 Å². The van der Waals surface area contributed by atoms with Crippen LogP contribution in [0.5, 0.6) is 0 Å². The van der Waals surface area contributed by atoms with Gasteiger partial charge in [-0.05, 0) is 36.3 Å². The van der Waals surface area contributed by atoms with E-state index in [4.69, 9.17) is 4.74 Å². The number of fused-ring (bicyclic) bond motifs is 1. The molecule has 3 aromatic rings. The van der Waals surface area contributed by atoms with Crippen molar-refractivity contribution < 1.29 is 14.6 Å². The van der Waals surface area contributed by atoms with Crippen LogP contribution in [0.3, 0.4) is 0 Å². The second kappa shape index (κ2) is 8.02. The highest BCUT2D eigenvalue weighted by molar-refractivity contribution is 5.88. The van der Waals surface area contributed by atoms with Crippen molar-refractivity contribution in [3.63, 3.8) is 0 Å². The van der Waals surface area contributed by atoms with E-state index >= 15 is 0 Å². The molecule has 0 unspecified atom stereocenters. The summed E-state index contributed by atoms with van der Waals surface area (Å²) in [6.45, 7) is 1.52. The van der Waals surface area contributed by atoms with Crippen LogP contribution >= 0.6 is 0 Å². The van der Waals surface area contributed by atoms with Crippen LogP contribution in [-0.2, 0) is 9.53 Å². The SMILES string of the molecule is Cc1ccccc1/C=C/C(=O)OC/C(O)=C(\C#N)c1nc2ccccc2[nH]1. The van der Waals surface area contributed by atoms with Gasteiger partial charge in [0, 0.05) is 6.08 Å². The highest BCUT2D eigenvalue weighted by Gasteiger charge is 2.14. The standard InChI is InChI=1S/C21H17N3O3/c1-14-6-2-3-7-15(14)10-11-20(26)27-13-19(25)16(12-22)21-23-17-8-4-5-9-18(17)24-21/h2-11,25H,13H2,1H3,(H,23,24)/b11-10+,19-16-. The number of carbonyl (C=O) groups excluding carboxylic acids is 1. The van der Waals surface area contributed by atoms with Crippen LogP contribution in [0.1, 0.15) is 17.0 Å². The van der Waals surface area contributed by atoms with E-state index in [0.29, 0.717) is 5.52 Å². The van der Waals surface area contributed by atoms with Crippen LogP contribution in [-0.4, -0.2) is 27.7 Å². The lowest BCUT2D eigenvalue weighted by Crippen LogP contribution is -2.06. The molecule has 6 heteroatoms. The first-order chi connectivity index (χ1) is 13.1. The predicted molar refractivity (Wildman–Crippen MR) is 102 cm³/mol. The predicted octanol–water partition coefficient (Wildman–Crippen LogP) is 3.92. The Labute approximate surface area is 156 Å². The lowest BCUT2D eigenvalue weighted by molar-refractivity contribution is -0.137. The molecule has 0 saturated carbocycles. The number of nitriles is 1. The largest absolute Gasteiger partial charge is 0.507 e. The molecular weight excluding hydrogens is 342 g/mol. The van der Waals surface area contributed by atoms with Gasteiger partial charge in [-0.15, -0.1) is 0 Å². The van der Waals surface area contributed by atoms with Gasteiger partial charge in [0.15, 0.2) is 11.6 Å². The summed E-state index contributed by atoms with van der Waals surface area (Å²) in [5.74, 6) is -0.761. The monoisotopic (exact) mass is 359 g/mol. The van der Waals surface area contributed by atoms with Crippen LogP contribution in [0.4, 0.5) is 0 Å². The molecule has 2 N–H and O–H groups in total. The van der Waals surface area contributed by atoms with E-state index in [-0.39, 0.29) is 17.2 Å². The van der Waals surface area contributed by atoms with E-state index < -0.39 is 12.6 Å². The molecule has 0 saturated heterocycles. The van der Waals surface area contributed by atoms with Gasteiger partial charge in [-0.2, -0.15) is 5.26 Å². The molecule has 2 aromatic carbocycles. The summed E-state index contributed by atoms with van der Waals surface area (Å²) in [5.41, 5.74) is 3.27. The van der Waals surface area contributed by atoms with Crippen molar-refractivity contribution in [3.8, 4) is 6.07 Å². The smallest absolute Gasteiger partial charge is 0.331 e. The number of H-pyrrole nitrogens is 1. The number of imidazole rings is 1. The quantitative estimate of drug-likeness (QED) is 0.311. The summed E-state index contributed by atoms with van der Waals surface area (Å²) in [4.78, 5) is 19.1. The molecule has 6 nitrogen and oxygen atoms in total. The van der Waals surface area contributed by atoms with E-state index in [1.54, 1.807) is 12.1 Å². The van der Waals surface area contributed by atoms with E-state index in [0.717, 1.165) is 16.6 Å². The van der Waals surface area contributed by atoms with Crippen LogP contribution in [0, 0.1) is 18.3 Å². The molecule has 0 aliphatic heterocycles. The fourth-order valence-electron chi connectivity index (χ4n) is 2.52. The summed E-state index contributed by atoms with van der Waals surface area (Å²) < 4.78 is 5.02. The summed E-state index contributed by atoms with van der Waals surface area (Å²) in [6, 6.07) is 16.8. The van der Waals surface area contributed by atoms with Crippen LogP contribution in [0.2, 0.25) is 0 Å². The Hall–Kier alpha value is -3.85. The number of para-hydroxylation sites is 2. The number of hydrogen-bond donors (Lipinski definition) is 2. The highest BCUT2D eigenvalue weighted by Crippen LogP contribution is 2.18. The summed E-state index contributed by atoms with van der Waals surface area (Å²) in [7, 11) is 0. The van der Waals surface area contributed by atoms with Gasteiger partial charge in [0.2, 0.25) is 0 Å². The van der Waals surface area contributed by atoms with Gasteiger partial charge < -0.3 is 14.8 Å². The van der Waals surface area contributed by atoms with Crippen LogP contribution in [0.25, 0.3) is 22.7 Å². The number of benzene rings is 2. The number of allylic oxidation sites excluding steroid dienone is 1. The number of aromatic amines is 1. The molecule has 0 atom stereocenters. The molecule has 1 aromatic heterocycles. The maximum absolute atomic E-state index is 11.9. The average molecular weight is 359 g/mol. The average Bonchev–Trinajstić information content (AvgIpc) is 3.10. The maximum atomic E-state index is 11.9. The number of aliphatic hydroxyl groups excluding tert-OH is 1. The number of nitrogens with one attached hydrogen (secondary N) is 1. The number of carbonyl (C=O) groups is 1. The zero-order valence-corrected chi connectivity index (χ0v) is 14.6. The number of rotatable bonds is 5. The van der Waals surface area contributed by atoms with Gasteiger partial charge in [0.05, 0.1) is 11.0 Å². The number of aliphatic hydroxyl groups is 1. The van der Waals surface area contributed by atoms with Crippen molar-refractivity contribution in [1.82, 2.24) is 9.97 Å². The molecule has 3 rings (SSSR count). The molecule has 134 valence electrons. The van der Waals surface area contributed by atoms with Crippen molar-refractivity contribution in [3.05, 3.63) is 77.3 Å². The summed E-state index contributed by atoms with van der Waals surface area (Å²) in [6.07, 6.45) is 2.92. The zero-order chi connectivity index (χ0) is 19.2. The molecule has 0 fully saturated rings. The Morgan fingerprint density at radius 1 is 1.26 bits per heavy atom. The minimum absolute atomic E-state index is 0.0677. The minimum atomic E-state index is -0.619. The molecule has 27 heavy (non-hydrogen) atoms. The lowest BCUT2D eigenvalue weighted by atomic mass is 10.1. The van der Waals surface area contributed by atoms with Gasteiger partial charge in [-0.25, -0.2) is 9.78 Å². The Morgan fingerprint density at radius 2 is 2.00 bits per heavy atom. The zero-order valence-electron chi connectivity index (χ0n) is 14.6. The normalized spacial score (nSPS) is 12.0. The second-order valence-electron chi connectivity index (χ2n) is 5.83. The maximum Gasteiger partial charge on any atom is 0.331 e. The molecule has 0 radical (unpaired) electrons. The number of hydrogen-bond acceptors (Lipinski definition) is 5. The third-order valence-corrected chi connectivity index (χ3v) is 3.97. The molecule has 0 amide bonds. The summed E-state index contributed by atoms with van der Waals surface area (Å²) >= 11 is 0. The highest BCUT2D eigenvalue weighted by atomic mass is 16.5. The number of ether oxygens (including phenoxy) is 1. The molecule has 1 heterocycles. The molecule has 0 bridgehead atoms. The number of nitrogens with zero attached hydrogens (tertiary/aromatic N) is 2. The van der Waals surface area contributed by atoms with E-state index in [1.807, 2.05) is 55.5 Å². The van der Waals surface area contributed by atoms with Crippen LogP contribution in [0.15, 0.2) is 60.4 Å². The third kappa shape index (κ3) is 4.22. The van der Waals surface area contributed by atoms with Gasteiger partial charge in [-0.1, -0.05) is 36.4 Å². The van der Waals surface area contributed by atoms with Crippen LogP contribution < -0.4 is 0 Å². The van der Waals surface area contributed by atoms with Gasteiger partial charge in [0.1, 0.15) is 18.2 Å². The summed E-state index contributed by atoms with van der Waals surface area (Å²) in [5, 5.41) is 19.5. The van der Waals surface area contributed by atoms with Gasteiger partial charge in [0.25, 0.3) is 0 Å². The Balaban J connectivity index is 1.70. The van der Waals surface area contributed by atoms with Gasteiger partial charge in [-0.3, -0.25) is 0 Å². The second-order valence-corrected chi connectivity index (χ2v) is 5.83. The van der Waals surface area contributed by atoms with E-state index in [2.05, 4.69) is 9.97 Å². The molecule has 0 aliphatic carbocycles. The van der Waals surface area contributed by atoms with Crippen molar-refractivity contribution >= 4 is 28.7 Å². The Kier molecular flexibility index (Phi) is 5.33. The topological polar surface area (TPSA) is 99.0 Å². The minimum Gasteiger partial charge on any atom is -0.507 e. The fourth-order valence-corrected chi connectivity index (χ4v) is 2.52. The first-order valence-corrected chi connectivity index (χ1v) is 8.26. The number of esters is 1. The number of aromatic nitrogens is 2. The van der Waals surface area contributed by atoms with Crippen molar-refractivity contribution in [2.45, 2.75) is 6.92 Å². The fraction of sp³-hybridized carbons (Fsp3) is 0.0952. The Bertz CT molecular complexity index is 1050. The van der Waals surface area contributed by atoms with E-state index in [9.17, 15) is 15.2 Å². The molecule has 0 spiro atoms. The lowest BCUT2D eigenvalue weighted by Gasteiger charge is -2.03. The number of aryl methyl sites for hydroxylation is 1. The molecular formula is C21H17N3O3. The molecule has 0 aliphatic rings. The van der Waals surface area contributed by atoms with Gasteiger partial charge >= 0.3 is 5.97 Å². The van der Waals surface area contributed by atoms with Crippen molar-refractivity contribution in [2.24, 2.45) is 0 Å². The first-order valence-electron chi connectivity index (χ1n) is 8.26.